The van der Waals surface area contributed by atoms with Crippen LogP contribution in [0.3, 0.4) is 0 Å². The molecule has 2 aromatic carbocycles. The maximum Gasteiger partial charge on any atom is 0.256 e. The number of nitrogens with one attached hydrogen (secondary N) is 2. The van der Waals surface area contributed by atoms with Crippen molar-refractivity contribution in [2.45, 2.75) is 19.9 Å². The first-order valence-corrected chi connectivity index (χ1v) is 9.99. The van der Waals surface area contributed by atoms with Gasteiger partial charge in [-0.1, -0.05) is 24.3 Å². The van der Waals surface area contributed by atoms with Gasteiger partial charge in [-0.25, -0.2) is 0 Å². The summed E-state index contributed by atoms with van der Waals surface area (Å²) in [6, 6.07) is 16.2. The van der Waals surface area contributed by atoms with Crippen LogP contribution in [0.5, 0.6) is 5.75 Å². The van der Waals surface area contributed by atoms with Crippen molar-refractivity contribution >= 4 is 28.8 Å². The predicted octanol–water partition coefficient (Wildman–Crippen LogP) is 4.89. The molecule has 3 rings (SSSR count). The smallest absolute Gasteiger partial charge is 0.256 e. The number of carbonyl (C=O) groups excluding carboxylic acids is 2. The zero-order valence-electron chi connectivity index (χ0n) is 15.8. The minimum atomic E-state index is -0.254. The Morgan fingerprint density at radius 1 is 1.07 bits per heavy atom. The number of benzene rings is 2. The van der Waals surface area contributed by atoms with E-state index >= 15 is 0 Å². The fraction of sp³-hybridized carbons (Fsp3) is 0.182. The summed E-state index contributed by atoms with van der Waals surface area (Å²) < 4.78 is 5.53. The number of rotatable bonds is 7. The molecule has 1 aromatic heterocycles. The van der Waals surface area contributed by atoms with Crippen molar-refractivity contribution in [2.75, 3.05) is 11.9 Å². The van der Waals surface area contributed by atoms with Crippen LogP contribution in [0.1, 0.15) is 46.2 Å². The van der Waals surface area contributed by atoms with Gasteiger partial charge in [-0.3, -0.25) is 9.59 Å². The second kappa shape index (κ2) is 9.19. The van der Waals surface area contributed by atoms with Gasteiger partial charge in [-0.05, 0) is 55.1 Å². The highest BCUT2D eigenvalue weighted by molar-refractivity contribution is 7.08. The second-order valence-electron chi connectivity index (χ2n) is 6.21. The molecule has 0 fully saturated rings. The average Bonchev–Trinajstić information content (AvgIpc) is 3.24. The maximum absolute atomic E-state index is 12.8. The maximum atomic E-state index is 12.8. The minimum absolute atomic E-state index is 0.214. The van der Waals surface area contributed by atoms with Gasteiger partial charge in [-0.2, -0.15) is 11.3 Å². The van der Waals surface area contributed by atoms with Crippen molar-refractivity contribution in [1.82, 2.24) is 5.32 Å². The number of amides is 2. The molecule has 144 valence electrons. The first-order valence-electron chi connectivity index (χ1n) is 9.04. The summed E-state index contributed by atoms with van der Waals surface area (Å²) in [7, 11) is 0. The lowest BCUT2D eigenvalue weighted by atomic mass is 10.1. The summed E-state index contributed by atoms with van der Waals surface area (Å²) in [5.74, 6) is 0.277. The molecule has 28 heavy (non-hydrogen) atoms. The molecule has 2 N–H and O–H groups in total. The van der Waals surface area contributed by atoms with Gasteiger partial charge in [0.05, 0.1) is 29.5 Å². The first-order chi connectivity index (χ1) is 13.6. The summed E-state index contributed by atoms with van der Waals surface area (Å²) in [6.07, 6.45) is 0. The van der Waals surface area contributed by atoms with Crippen LogP contribution in [-0.4, -0.2) is 18.4 Å². The number of carbonyl (C=O) groups is 2. The summed E-state index contributed by atoms with van der Waals surface area (Å²) in [5, 5.41) is 9.41. The molecule has 2 amide bonds. The van der Waals surface area contributed by atoms with Crippen LogP contribution in [0.25, 0.3) is 0 Å². The van der Waals surface area contributed by atoms with Crippen LogP contribution < -0.4 is 15.4 Å². The van der Waals surface area contributed by atoms with E-state index in [0.29, 0.717) is 23.4 Å². The molecule has 3 aromatic rings. The van der Waals surface area contributed by atoms with Gasteiger partial charge >= 0.3 is 0 Å². The van der Waals surface area contributed by atoms with Crippen LogP contribution >= 0.6 is 11.3 Å². The third-order valence-corrected chi connectivity index (χ3v) is 4.90. The number of anilines is 1. The fourth-order valence-corrected chi connectivity index (χ4v) is 3.41. The van der Waals surface area contributed by atoms with Gasteiger partial charge in [0.2, 0.25) is 0 Å². The van der Waals surface area contributed by atoms with Crippen LogP contribution in [0.15, 0.2) is 65.4 Å². The Balaban J connectivity index is 1.74. The monoisotopic (exact) mass is 394 g/mol. The number of hydrogen-bond acceptors (Lipinski definition) is 4. The topological polar surface area (TPSA) is 67.4 Å². The van der Waals surface area contributed by atoms with Crippen molar-refractivity contribution in [3.8, 4) is 5.75 Å². The Kier molecular flexibility index (Phi) is 6.45. The van der Waals surface area contributed by atoms with E-state index in [0.717, 1.165) is 11.3 Å². The highest BCUT2D eigenvalue weighted by Crippen LogP contribution is 2.22. The molecule has 6 heteroatoms. The van der Waals surface area contributed by atoms with Gasteiger partial charge in [0.15, 0.2) is 0 Å². The standard InChI is InChI=1S/C22H22N2O3S/c1-3-27-18-8-6-7-16(13-18)15(2)23-22(26)19-9-4-5-10-20(19)24-21(25)17-11-12-28-14-17/h4-15H,3H2,1-2H3,(H,23,26)(H,24,25). The first kappa shape index (κ1) is 19.6. The van der Waals surface area contributed by atoms with Crippen LogP contribution in [-0.2, 0) is 0 Å². The summed E-state index contributed by atoms with van der Waals surface area (Å²) in [4.78, 5) is 25.2. The molecule has 0 bridgehead atoms. The number of hydrogen-bond donors (Lipinski definition) is 2. The summed E-state index contributed by atoms with van der Waals surface area (Å²) in [5.41, 5.74) is 2.41. The van der Waals surface area contributed by atoms with Crippen molar-refractivity contribution < 1.29 is 14.3 Å². The lowest BCUT2D eigenvalue weighted by Crippen LogP contribution is -2.28. The molecule has 0 saturated carbocycles. The van der Waals surface area contributed by atoms with E-state index in [1.807, 2.05) is 43.5 Å². The zero-order chi connectivity index (χ0) is 19.9. The number of thiophene rings is 1. The molecule has 0 radical (unpaired) electrons. The van der Waals surface area contributed by atoms with Crippen molar-refractivity contribution in [3.63, 3.8) is 0 Å². The SMILES string of the molecule is CCOc1cccc(C(C)NC(=O)c2ccccc2NC(=O)c2ccsc2)c1. The lowest BCUT2D eigenvalue weighted by Gasteiger charge is -2.17. The Morgan fingerprint density at radius 3 is 2.64 bits per heavy atom. The van der Waals surface area contributed by atoms with Crippen LogP contribution in [0.4, 0.5) is 5.69 Å². The normalized spacial score (nSPS) is 11.5. The molecular weight excluding hydrogens is 372 g/mol. The van der Waals surface area contributed by atoms with Gasteiger partial charge < -0.3 is 15.4 Å². The van der Waals surface area contributed by atoms with Crippen LogP contribution in [0, 0.1) is 0 Å². The minimum Gasteiger partial charge on any atom is -0.494 e. The van der Waals surface area contributed by atoms with Gasteiger partial charge in [-0.15, -0.1) is 0 Å². The Hall–Kier alpha value is -3.12. The third-order valence-electron chi connectivity index (χ3n) is 4.22. The van der Waals surface area contributed by atoms with E-state index in [4.69, 9.17) is 4.74 Å². The van der Waals surface area contributed by atoms with Gasteiger partial charge in [0, 0.05) is 5.38 Å². The van der Waals surface area contributed by atoms with Crippen LogP contribution in [0.2, 0.25) is 0 Å². The highest BCUT2D eigenvalue weighted by atomic mass is 32.1. The Bertz CT molecular complexity index is 954. The molecule has 0 aliphatic carbocycles. The third kappa shape index (κ3) is 4.78. The van der Waals surface area contributed by atoms with E-state index in [1.54, 1.807) is 35.7 Å². The molecule has 0 saturated heterocycles. The van der Waals surface area contributed by atoms with E-state index in [1.165, 1.54) is 11.3 Å². The molecule has 0 spiro atoms. The largest absolute Gasteiger partial charge is 0.494 e. The molecule has 1 heterocycles. The van der Waals surface area contributed by atoms with E-state index in [2.05, 4.69) is 10.6 Å². The molecule has 0 aliphatic rings. The fourth-order valence-electron chi connectivity index (χ4n) is 2.78. The van der Waals surface area contributed by atoms with E-state index in [9.17, 15) is 9.59 Å². The Morgan fingerprint density at radius 2 is 1.89 bits per heavy atom. The molecule has 1 atom stereocenters. The van der Waals surface area contributed by atoms with Crippen molar-refractivity contribution in [3.05, 3.63) is 82.0 Å². The summed E-state index contributed by atoms with van der Waals surface area (Å²) in [6.45, 7) is 4.43. The Labute approximate surface area is 168 Å². The van der Waals surface area contributed by atoms with Crippen molar-refractivity contribution in [1.29, 1.82) is 0 Å². The lowest BCUT2D eigenvalue weighted by molar-refractivity contribution is 0.0940. The van der Waals surface area contributed by atoms with Gasteiger partial charge in [0.1, 0.15) is 5.75 Å². The van der Waals surface area contributed by atoms with E-state index in [-0.39, 0.29) is 17.9 Å². The molecule has 5 nitrogen and oxygen atoms in total. The molecule has 0 aliphatic heterocycles. The predicted molar refractivity (Wildman–Crippen MR) is 112 cm³/mol. The highest BCUT2D eigenvalue weighted by Gasteiger charge is 2.17. The van der Waals surface area contributed by atoms with Gasteiger partial charge in [0.25, 0.3) is 11.8 Å². The number of para-hydroxylation sites is 1. The quantitative estimate of drug-likeness (QED) is 0.599. The molecule has 1 unspecified atom stereocenters. The average molecular weight is 394 g/mol. The van der Waals surface area contributed by atoms with E-state index < -0.39 is 0 Å². The summed E-state index contributed by atoms with van der Waals surface area (Å²) >= 11 is 1.45. The number of ether oxygens (including phenoxy) is 1. The molecular formula is C22H22N2O3S. The zero-order valence-corrected chi connectivity index (χ0v) is 16.6. The van der Waals surface area contributed by atoms with Crippen molar-refractivity contribution in [2.24, 2.45) is 0 Å². The second-order valence-corrected chi connectivity index (χ2v) is 6.99.